The fraction of sp³-hybridized carbons (Fsp3) is 0.417. The molecule has 1 aromatic carbocycles. The summed E-state index contributed by atoms with van der Waals surface area (Å²) in [5.41, 5.74) is 2.64. The summed E-state index contributed by atoms with van der Waals surface area (Å²) < 4.78 is 5.30. The largest absolute Gasteiger partial charge is 0.462 e. The van der Waals surface area contributed by atoms with E-state index in [0.29, 0.717) is 28.1 Å². The van der Waals surface area contributed by atoms with Gasteiger partial charge < -0.3 is 10.1 Å². The Balaban J connectivity index is 1.84. The van der Waals surface area contributed by atoms with Crippen molar-refractivity contribution >= 4 is 45.9 Å². The van der Waals surface area contributed by atoms with Crippen molar-refractivity contribution in [2.24, 2.45) is 11.3 Å². The van der Waals surface area contributed by atoms with E-state index in [4.69, 9.17) is 16.3 Å². The van der Waals surface area contributed by atoms with Crippen LogP contribution in [-0.4, -0.2) is 18.5 Å². The van der Waals surface area contributed by atoms with Crippen LogP contribution in [0.4, 0.5) is 5.00 Å². The van der Waals surface area contributed by atoms with Crippen molar-refractivity contribution < 1.29 is 14.3 Å². The number of benzene rings is 1. The zero-order valence-corrected chi connectivity index (χ0v) is 19.5. The van der Waals surface area contributed by atoms with E-state index in [1.165, 1.54) is 22.3 Å². The van der Waals surface area contributed by atoms with Crippen LogP contribution >= 0.6 is 22.9 Å². The second-order valence-electron chi connectivity index (χ2n) is 8.61. The molecule has 6 heteroatoms. The van der Waals surface area contributed by atoms with Gasteiger partial charge >= 0.3 is 5.97 Å². The molecule has 1 aromatic heterocycles. The van der Waals surface area contributed by atoms with Gasteiger partial charge in [0, 0.05) is 16.0 Å². The number of rotatable bonds is 5. The van der Waals surface area contributed by atoms with E-state index in [2.05, 4.69) is 26.1 Å². The predicted molar refractivity (Wildman–Crippen MR) is 124 cm³/mol. The molecule has 1 aliphatic rings. The van der Waals surface area contributed by atoms with Crippen LogP contribution in [0.25, 0.3) is 6.08 Å². The number of halogens is 1. The molecular weight excluding hydrogens is 418 g/mol. The van der Waals surface area contributed by atoms with Crippen molar-refractivity contribution in [2.45, 2.75) is 47.0 Å². The molecular formula is C24H28ClNO3S. The third-order valence-electron chi connectivity index (χ3n) is 5.50. The van der Waals surface area contributed by atoms with Crippen LogP contribution in [0.15, 0.2) is 30.3 Å². The highest BCUT2D eigenvalue weighted by atomic mass is 35.5. The van der Waals surface area contributed by atoms with Crippen LogP contribution in [0.1, 0.15) is 60.5 Å². The van der Waals surface area contributed by atoms with Crippen molar-refractivity contribution in [3.05, 3.63) is 56.9 Å². The zero-order valence-electron chi connectivity index (χ0n) is 17.9. The molecule has 0 radical (unpaired) electrons. The number of esters is 1. The van der Waals surface area contributed by atoms with Crippen LogP contribution in [-0.2, 0) is 22.4 Å². The number of amides is 1. The molecule has 1 unspecified atom stereocenters. The van der Waals surface area contributed by atoms with Gasteiger partial charge in [-0.05, 0) is 66.9 Å². The first kappa shape index (κ1) is 22.6. The monoisotopic (exact) mass is 445 g/mol. The maximum atomic E-state index is 12.7. The second kappa shape index (κ2) is 9.36. The number of fused-ring (bicyclic) bond motifs is 1. The summed E-state index contributed by atoms with van der Waals surface area (Å²) in [4.78, 5) is 26.4. The molecule has 3 rings (SSSR count). The quantitative estimate of drug-likeness (QED) is 0.429. The minimum atomic E-state index is -0.360. The highest BCUT2D eigenvalue weighted by molar-refractivity contribution is 7.17. The second-order valence-corrected chi connectivity index (χ2v) is 10.1. The predicted octanol–water partition coefficient (Wildman–Crippen LogP) is 6.38. The molecule has 1 amide bonds. The van der Waals surface area contributed by atoms with E-state index >= 15 is 0 Å². The van der Waals surface area contributed by atoms with Crippen molar-refractivity contribution in [3.63, 3.8) is 0 Å². The Bertz CT molecular complexity index is 954. The fourth-order valence-electron chi connectivity index (χ4n) is 3.73. The Morgan fingerprint density at radius 3 is 2.60 bits per heavy atom. The number of hydrogen-bond donors (Lipinski definition) is 1. The molecule has 1 N–H and O–H groups in total. The summed E-state index contributed by atoms with van der Waals surface area (Å²) in [6, 6.07) is 7.23. The highest BCUT2D eigenvalue weighted by Crippen LogP contribution is 2.44. The maximum Gasteiger partial charge on any atom is 0.341 e. The first-order chi connectivity index (χ1) is 14.2. The topological polar surface area (TPSA) is 55.4 Å². The number of ether oxygens (including phenoxy) is 1. The number of anilines is 1. The Hall–Kier alpha value is -2.11. The van der Waals surface area contributed by atoms with Gasteiger partial charge in [-0.1, -0.05) is 44.5 Å². The summed E-state index contributed by atoms with van der Waals surface area (Å²) in [5.74, 6) is -0.0882. The number of carbonyl (C=O) groups is 2. The summed E-state index contributed by atoms with van der Waals surface area (Å²) in [7, 11) is 0. The molecule has 0 bridgehead atoms. The van der Waals surface area contributed by atoms with E-state index in [1.54, 1.807) is 25.1 Å². The smallest absolute Gasteiger partial charge is 0.341 e. The third-order valence-corrected chi connectivity index (χ3v) is 6.93. The van der Waals surface area contributed by atoms with E-state index in [0.717, 1.165) is 30.4 Å². The molecule has 0 spiro atoms. The minimum Gasteiger partial charge on any atom is -0.462 e. The molecule has 30 heavy (non-hydrogen) atoms. The van der Waals surface area contributed by atoms with Gasteiger partial charge in [0.1, 0.15) is 5.00 Å². The SMILES string of the molecule is CCOC(=O)c1c(NC(=O)/C=C/c2ccc(Cl)cc2)sc2c1CCC(C(C)(C)C)C2. The number of nitrogens with one attached hydrogen (secondary N) is 1. The van der Waals surface area contributed by atoms with Crippen LogP contribution in [0.3, 0.4) is 0 Å². The van der Waals surface area contributed by atoms with E-state index in [1.807, 2.05) is 12.1 Å². The lowest BCUT2D eigenvalue weighted by Crippen LogP contribution is -2.26. The van der Waals surface area contributed by atoms with Gasteiger partial charge in [-0.25, -0.2) is 4.79 Å². The Morgan fingerprint density at radius 1 is 1.27 bits per heavy atom. The fourth-order valence-corrected chi connectivity index (χ4v) is 5.18. The lowest BCUT2D eigenvalue weighted by molar-refractivity contribution is -0.111. The first-order valence-electron chi connectivity index (χ1n) is 10.2. The average Bonchev–Trinajstić information content (AvgIpc) is 3.04. The van der Waals surface area contributed by atoms with E-state index in [-0.39, 0.29) is 17.3 Å². The van der Waals surface area contributed by atoms with Gasteiger partial charge in [0.25, 0.3) is 0 Å². The van der Waals surface area contributed by atoms with Crippen molar-refractivity contribution in [3.8, 4) is 0 Å². The molecule has 4 nitrogen and oxygen atoms in total. The summed E-state index contributed by atoms with van der Waals surface area (Å²) in [6.07, 6.45) is 5.97. The average molecular weight is 446 g/mol. The van der Waals surface area contributed by atoms with Crippen molar-refractivity contribution in [1.82, 2.24) is 0 Å². The van der Waals surface area contributed by atoms with Gasteiger partial charge in [-0.15, -0.1) is 11.3 Å². The lowest BCUT2D eigenvalue weighted by Gasteiger charge is -2.33. The Kier molecular flexibility index (Phi) is 7.04. The van der Waals surface area contributed by atoms with Crippen LogP contribution in [0.5, 0.6) is 0 Å². The molecule has 160 valence electrons. The normalized spacial score (nSPS) is 16.4. The molecule has 1 heterocycles. The maximum absolute atomic E-state index is 12.7. The summed E-state index contributed by atoms with van der Waals surface area (Å²) >= 11 is 7.40. The van der Waals surface area contributed by atoms with E-state index < -0.39 is 0 Å². The standard InChI is InChI=1S/C24H28ClNO3S/c1-5-29-23(28)21-18-12-9-16(24(2,3)4)14-19(18)30-22(21)26-20(27)13-8-15-6-10-17(25)11-7-15/h6-8,10-11,13,16H,5,9,12,14H2,1-4H3,(H,26,27)/b13-8+. The van der Waals surface area contributed by atoms with Gasteiger partial charge in [0.15, 0.2) is 0 Å². The minimum absolute atomic E-state index is 0.205. The van der Waals surface area contributed by atoms with Crippen LogP contribution in [0, 0.1) is 11.3 Å². The van der Waals surface area contributed by atoms with Crippen LogP contribution in [0.2, 0.25) is 5.02 Å². The number of thiophene rings is 1. The molecule has 0 fully saturated rings. The van der Waals surface area contributed by atoms with Gasteiger partial charge in [0.2, 0.25) is 5.91 Å². The van der Waals surface area contributed by atoms with Crippen molar-refractivity contribution in [2.75, 3.05) is 11.9 Å². The molecule has 0 aliphatic heterocycles. The zero-order chi connectivity index (χ0) is 21.9. The van der Waals surface area contributed by atoms with Crippen LogP contribution < -0.4 is 5.32 Å². The molecule has 1 atom stereocenters. The van der Waals surface area contributed by atoms with Gasteiger partial charge in [-0.2, -0.15) is 0 Å². The third kappa shape index (κ3) is 5.32. The number of hydrogen-bond acceptors (Lipinski definition) is 4. The summed E-state index contributed by atoms with van der Waals surface area (Å²) in [6.45, 7) is 8.86. The van der Waals surface area contributed by atoms with Gasteiger partial charge in [-0.3, -0.25) is 4.79 Å². The van der Waals surface area contributed by atoms with E-state index in [9.17, 15) is 9.59 Å². The number of carbonyl (C=O) groups excluding carboxylic acids is 2. The van der Waals surface area contributed by atoms with Gasteiger partial charge in [0.05, 0.1) is 12.2 Å². The molecule has 0 saturated carbocycles. The summed E-state index contributed by atoms with van der Waals surface area (Å²) in [5, 5.41) is 4.14. The molecule has 0 saturated heterocycles. The molecule has 1 aliphatic carbocycles. The molecule has 2 aromatic rings. The highest BCUT2D eigenvalue weighted by Gasteiger charge is 2.34. The Labute approximate surface area is 187 Å². The lowest BCUT2D eigenvalue weighted by atomic mass is 9.72. The first-order valence-corrected chi connectivity index (χ1v) is 11.4. The van der Waals surface area contributed by atoms with Crippen molar-refractivity contribution in [1.29, 1.82) is 0 Å². The Morgan fingerprint density at radius 2 is 1.97 bits per heavy atom.